The Labute approximate surface area is 133 Å². The number of aromatic amines is 1. The number of aliphatic carboxylic acids is 1. The molecule has 3 aromatic rings. The van der Waals surface area contributed by atoms with E-state index in [0.717, 1.165) is 22.4 Å². The average molecular weight is 308 g/mol. The molecule has 116 valence electrons. The van der Waals surface area contributed by atoms with E-state index < -0.39 is 5.97 Å². The average Bonchev–Trinajstić information content (AvgIpc) is 2.94. The van der Waals surface area contributed by atoms with Crippen LogP contribution in [-0.2, 0) is 11.2 Å². The predicted octanol–water partition coefficient (Wildman–Crippen LogP) is 3.20. The number of rotatable bonds is 6. The number of fused-ring (bicyclic) bond motifs is 1. The van der Waals surface area contributed by atoms with Crippen LogP contribution >= 0.6 is 0 Å². The second-order valence-electron chi connectivity index (χ2n) is 5.39. The van der Waals surface area contributed by atoms with Crippen LogP contribution in [0.1, 0.15) is 34.6 Å². The Morgan fingerprint density at radius 2 is 1.83 bits per heavy atom. The fourth-order valence-electron chi connectivity index (χ4n) is 2.47. The van der Waals surface area contributed by atoms with Crippen LogP contribution in [0, 0.1) is 0 Å². The van der Waals surface area contributed by atoms with Crippen LogP contribution < -0.4 is 0 Å². The summed E-state index contributed by atoms with van der Waals surface area (Å²) in [7, 11) is 0. The highest BCUT2D eigenvalue weighted by Gasteiger charge is 2.11. The number of aromatic nitrogens is 2. The van der Waals surface area contributed by atoms with Crippen LogP contribution in [0.3, 0.4) is 0 Å². The van der Waals surface area contributed by atoms with Crippen molar-refractivity contribution in [1.29, 1.82) is 0 Å². The molecule has 0 aliphatic rings. The van der Waals surface area contributed by atoms with Crippen molar-refractivity contribution in [3.63, 3.8) is 0 Å². The highest BCUT2D eigenvalue weighted by atomic mass is 16.4. The van der Waals surface area contributed by atoms with E-state index in [2.05, 4.69) is 9.97 Å². The van der Waals surface area contributed by atoms with Crippen LogP contribution in [0.25, 0.3) is 11.0 Å². The number of benzene rings is 2. The lowest BCUT2D eigenvalue weighted by Gasteiger charge is -1.99. The molecule has 0 saturated carbocycles. The van der Waals surface area contributed by atoms with Crippen molar-refractivity contribution in [3.05, 3.63) is 65.5 Å². The third-order valence-corrected chi connectivity index (χ3v) is 3.63. The van der Waals surface area contributed by atoms with Gasteiger partial charge in [-0.25, -0.2) is 4.98 Å². The Morgan fingerprint density at radius 1 is 1.04 bits per heavy atom. The third kappa shape index (κ3) is 3.63. The maximum atomic E-state index is 12.0. The lowest BCUT2D eigenvalue weighted by Crippen LogP contribution is -2.03. The molecule has 0 amide bonds. The Kier molecular flexibility index (Phi) is 4.19. The third-order valence-electron chi connectivity index (χ3n) is 3.63. The van der Waals surface area contributed by atoms with Gasteiger partial charge < -0.3 is 10.1 Å². The molecule has 1 heterocycles. The molecule has 0 atom stereocenters. The van der Waals surface area contributed by atoms with Crippen molar-refractivity contribution in [2.24, 2.45) is 0 Å². The Balaban J connectivity index is 1.80. The van der Waals surface area contributed by atoms with Gasteiger partial charge in [-0.1, -0.05) is 30.3 Å². The largest absolute Gasteiger partial charge is 0.481 e. The minimum atomic E-state index is -0.967. The molecule has 2 N–H and O–H groups in total. The first kappa shape index (κ1) is 15.0. The van der Waals surface area contributed by atoms with E-state index in [4.69, 9.17) is 5.11 Å². The fraction of sp³-hybridized carbons (Fsp3) is 0.167. The zero-order valence-electron chi connectivity index (χ0n) is 12.5. The number of ketones is 1. The standard InChI is InChI=1S/C18H16N2O3/c21-16(8-9-18(22)23)13-6-7-14-15(11-13)20-17(19-14)10-12-4-2-1-3-5-12/h1-7,11H,8-10H2,(H,19,20)(H,22,23). The number of nitrogens with one attached hydrogen (secondary N) is 1. The summed E-state index contributed by atoms with van der Waals surface area (Å²) < 4.78 is 0. The van der Waals surface area contributed by atoms with Gasteiger partial charge in [-0.2, -0.15) is 0 Å². The van der Waals surface area contributed by atoms with Crippen LogP contribution in [0.5, 0.6) is 0 Å². The lowest BCUT2D eigenvalue weighted by atomic mass is 10.1. The van der Waals surface area contributed by atoms with Crippen LogP contribution in [0.15, 0.2) is 48.5 Å². The number of nitrogens with zero attached hydrogens (tertiary/aromatic N) is 1. The number of carboxylic acids is 1. The highest BCUT2D eigenvalue weighted by molar-refractivity contribution is 5.99. The first-order chi connectivity index (χ1) is 11.1. The summed E-state index contributed by atoms with van der Waals surface area (Å²) in [4.78, 5) is 30.3. The number of Topliss-reactive ketones (excluding diaryl/α,β-unsaturated/α-hetero) is 1. The van der Waals surface area contributed by atoms with Crippen molar-refractivity contribution in [2.75, 3.05) is 0 Å². The topological polar surface area (TPSA) is 83.0 Å². The number of hydrogen-bond acceptors (Lipinski definition) is 3. The molecule has 5 heteroatoms. The predicted molar refractivity (Wildman–Crippen MR) is 86.5 cm³/mol. The summed E-state index contributed by atoms with van der Waals surface area (Å²) in [5.41, 5.74) is 3.25. The molecule has 0 aliphatic carbocycles. The van der Waals surface area contributed by atoms with Crippen molar-refractivity contribution in [3.8, 4) is 0 Å². The minimum absolute atomic E-state index is 0.00580. The van der Waals surface area contributed by atoms with Gasteiger partial charge >= 0.3 is 5.97 Å². The van der Waals surface area contributed by atoms with Crippen molar-refractivity contribution >= 4 is 22.8 Å². The SMILES string of the molecule is O=C(O)CCC(=O)c1ccc2nc(Cc3ccccc3)[nH]c2c1. The van der Waals surface area contributed by atoms with Crippen molar-refractivity contribution in [1.82, 2.24) is 9.97 Å². The molecule has 0 unspecified atom stereocenters. The summed E-state index contributed by atoms with van der Waals surface area (Å²) in [6, 6.07) is 15.2. The summed E-state index contributed by atoms with van der Waals surface area (Å²) in [5.74, 6) is -0.305. The zero-order valence-corrected chi connectivity index (χ0v) is 12.5. The molecule has 5 nitrogen and oxygen atoms in total. The number of carbonyl (C=O) groups is 2. The van der Waals surface area contributed by atoms with E-state index in [1.165, 1.54) is 0 Å². The summed E-state index contributed by atoms with van der Waals surface area (Å²) >= 11 is 0. The minimum Gasteiger partial charge on any atom is -0.481 e. The van der Waals surface area contributed by atoms with E-state index in [-0.39, 0.29) is 18.6 Å². The van der Waals surface area contributed by atoms with Gasteiger partial charge in [0.1, 0.15) is 5.82 Å². The molecular formula is C18H16N2O3. The van der Waals surface area contributed by atoms with Gasteiger partial charge in [0, 0.05) is 18.4 Å². The van der Waals surface area contributed by atoms with Crippen molar-refractivity contribution < 1.29 is 14.7 Å². The second-order valence-corrected chi connectivity index (χ2v) is 5.39. The fourth-order valence-corrected chi connectivity index (χ4v) is 2.47. The molecule has 0 saturated heterocycles. The van der Waals surface area contributed by atoms with E-state index in [1.54, 1.807) is 18.2 Å². The van der Waals surface area contributed by atoms with Gasteiger partial charge in [0.05, 0.1) is 17.5 Å². The lowest BCUT2D eigenvalue weighted by molar-refractivity contribution is -0.136. The Morgan fingerprint density at radius 3 is 2.57 bits per heavy atom. The van der Waals surface area contributed by atoms with Crippen LogP contribution in [-0.4, -0.2) is 26.8 Å². The molecule has 0 aliphatic heterocycles. The monoisotopic (exact) mass is 308 g/mol. The zero-order chi connectivity index (χ0) is 16.2. The molecule has 0 bridgehead atoms. The van der Waals surface area contributed by atoms with Gasteiger partial charge in [0.25, 0.3) is 0 Å². The summed E-state index contributed by atoms with van der Waals surface area (Å²) in [5, 5.41) is 8.66. The molecule has 1 aromatic heterocycles. The van der Waals surface area contributed by atoms with Crippen molar-refractivity contribution in [2.45, 2.75) is 19.3 Å². The normalized spacial score (nSPS) is 10.8. The number of carbonyl (C=O) groups excluding carboxylic acids is 1. The van der Waals surface area contributed by atoms with E-state index in [0.29, 0.717) is 12.0 Å². The number of hydrogen-bond donors (Lipinski definition) is 2. The van der Waals surface area contributed by atoms with E-state index in [1.807, 2.05) is 30.3 Å². The van der Waals surface area contributed by atoms with Gasteiger partial charge in [-0.05, 0) is 23.8 Å². The Bertz CT molecular complexity index is 853. The quantitative estimate of drug-likeness (QED) is 0.685. The maximum Gasteiger partial charge on any atom is 0.303 e. The van der Waals surface area contributed by atoms with Gasteiger partial charge in [0.2, 0.25) is 0 Å². The van der Waals surface area contributed by atoms with E-state index >= 15 is 0 Å². The number of carboxylic acid groups (broad SMARTS) is 1. The molecule has 23 heavy (non-hydrogen) atoms. The van der Waals surface area contributed by atoms with Crippen LogP contribution in [0.4, 0.5) is 0 Å². The molecule has 0 spiro atoms. The summed E-state index contributed by atoms with van der Waals surface area (Å²) in [6.07, 6.45) is 0.544. The number of H-pyrrole nitrogens is 1. The Hall–Kier alpha value is -2.95. The molecular weight excluding hydrogens is 292 g/mol. The maximum absolute atomic E-state index is 12.0. The first-order valence-electron chi connectivity index (χ1n) is 7.39. The van der Waals surface area contributed by atoms with Gasteiger partial charge in [0.15, 0.2) is 5.78 Å². The molecule has 2 aromatic carbocycles. The smallest absolute Gasteiger partial charge is 0.303 e. The van der Waals surface area contributed by atoms with Gasteiger partial charge in [-0.3, -0.25) is 9.59 Å². The summed E-state index contributed by atoms with van der Waals surface area (Å²) in [6.45, 7) is 0. The van der Waals surface area contributed by atoms with Gasteiger partial charge in [-0.15, -0.1) is 0 Å². The highest BCUT2D eigenvalue weighted by Crippen LogP contribution is 2.17. The molecule has 0 fully saturated rings. The molecule has 0 radical (unpaired) electrons. The second kappa shape index (κ2) is 6.44. The number of imidazole rings is 1. The van der Waals surface area contributed by atoms with Crippen LogP contribution in [0.2, 0.25) is 0 Å². The molecule has 3 rings (SSSR count). The first-order valence-corrected chi connectivity index (χ1v) is 7.39. The van der Waals surface area contributed by atoms with E-state index in [9.17, 15) is 9.59 Å².